The first-order valence-corrected chi connectivity index (χ1v) is 9.89. The van der Waals surface area contributed by atoms with Gasteiger partial charge in [0.05, 0.1) is 0 Å². The molecule has 0 spiro atoms. The molecule has 1 aliphatic rings. The molecule has 0 saturated carbocycles. The topological polar surface area (TPSA) is 42.9 Å². The molecule has 3 rings (SSSR count). The van der Waals surface area contributed by atoms with E-state index >= 15 is 0 Å². The van der Waals surface area contributed by atoms with Gasteiger partial charge in [-0.1, -0.05) is 36.4 Å². The highest BCUT2D eigenvalue weighted by atomic mass is 19.1. The van der Waals surface area contributed by atoms with E-state index in [0.717, 1.165) is 32.7 Å². The smallest absolute Gasteiger partial charge is 0.191 e. The van der Waals surface area contributed by atoms with Gasteiger partial charge in [0, 0.05) is 63.6 Å². The van der Waals surface area contributed by atoms with Crippen LogP contribution >= 0.6 is 0 Å². The largest absolute Gasteiger partial charge is 0.369 e. The van der Waals surface area contributed by atoms with E-state index in [4.69, 9.17) is 0 Å². The number of hydrogen-bond acceptors (Lipinski definition) is 3. The van der Waals surface area contributed by atoms with Crippen molar-refractivity contribution < 1.29 is 4.39 Å². The number of nitrogens with one attached hydrogen (secondary N) is 2. The van der Waals surface area contributed by atoms with Crippen molar-refractivity contribution in [2.45, 2.75) is 19.5 Å². The fraction of sp³-hybridized carbons (Fsp3) is 0.409. The Morgan fingerprint density at radius 1 is 1.00 bits per heavy atom. The van der Waals surface area contributed by atoms with Crippen LogP contribution in [0.15, 0.2) is 59.6 Å². The Balaban J connectivity index is 1.42. The number of guanidine groups is 1. The summed E-state index contributed by atoms with van der Waals surface area (Å²) in [5, 5.41) is 6.55. The lowest BCUT2D eigenvalue weighted by atomic mass is 10.2. The molecule has 2 N–H and O–H groups in total. The lowest BCUT2D eigenvalue weighted by Crippen LogP contribution is -2.53. The molecule has 1 fully saturated rings. The first-order valence-electron chi connectivity index (χ1n) is 9.89. The molecule has 28 heavy (non-hydrogen) atoms. The molecule has 150 valence electrons. The van der Waals surface area contributed by atoms with Gasteiger partial charge in [0.1, 0.15) is 5.82 Å². The molecule has 5 nitrogen and oxygen atoms in total. The molecule has 2 aromatic rings. The molecule has 0 radical (unpaired) electrons. The molecule has 1 heterocycles. The van der Waals surface area contributed by atoms with Gasteiger partial charge in [-0.2, -0.15) is 0 Å². The van der Waals surface area contributed by atoms with Crippen LogP contribution in [-0.4, -0.2) is 56.7 Å². The second-order valence-electron chi connectivity index (χ2n) is 7.11. The van der Waals surface area contributed by atoms with E-state index in [0.29, 0.717) is 24.1 Å². The minimum atomic E-state index is -0.199. The maximum absolute atomic E-state index is 13.7. The van der Waals surface area contributed by atoms with Crippen LogP contribution in [0.3, 0.4) is 0 Å². The van der Waals surface area contributed by atoms with E-state index < -0.39 is 0 Å². The third-order valence-electron chi connectivity index (χ3n) is 5.25. The molecule has 0 amide bonds. The van der Waals surface area contributed by atoms with Crippen LogP contribution < -0.4 is 15.5 Å². The normalized spacial score (nSPS) is 16.7. The minimum Gasteiger partial charge on any atom is -0.369 e. The van der Waals surface area contributed by atoms with E-state index in [1.807, 2.05) is 6.07 Å². The van der Waals surface area contributed by atoms with Crippen LogP contribution in [0.2, 0.25) is 0 Å². The number of nitrogens with zero attached hydrogens (tertiary/aromatic N) is 3. The summed E-state index contributed by atoms with van der Waals surface area (Å²) < 4.78 is 13.7. The van der Waals surface area contributed by atoms with Crippen molar-refractivity contribution in [3.05, 3.63) is 66.0 Å². The van der Waals surface area contributed by atoms with Crippen molar-refractivity contribution in [1.29, 1.82) is 0 Å². The van der Waals surface area contributed by atoms with Gasteiger partial charge < -0.3 is 15.5 Å². The third-order valence-corrected chi connectivity index (χ3v) is 5.25. The predicted molar refractivity (Wildman–Crippen MR) is 114 cm³/mol. The highest BCUT2D eigenvalue weighted by molar-refractivity contribution is 5.79. The Kier molecular flexibility index (Phi) is 7.25. The number of aliphatic imine (C=N–C) groups is 1. The lowest BCUT2D eigenvalue weighted by Gasteiger charge is -2.39. The summed E-state index contributed by atoms with van der Waals surface area (Å²) in [7, 11) is 1.74. The number of piperazine rings is 1. The van der Waals surface area contributed by atoms with Gasteiger partial charge in [0.25, 0.3) is 0 Å². The summed E-state index contributed by atoms with van der Waals surface area (Å²) in [6.45, 7) is 7.59. The maximum Gasteiger partial charge on any atom is 0.191 e. The Bertz CT molecular complexity index is 757. The molecule has 1 unspecified atom stereocenters. The summed E-state index contributed by atoms with van der Waals surface area (Å²) in [6.07, 6.45) is 0. The number of hydrogen-bond donors (Lipinski definition) is 2. The van der Waals surface area contributed by atoms with Crippen LogP contribution in [0.25, 0.3) is 0 Å². The number of para-hydroxylation sites is 1. The zero-order chi connectivity index (χ0) is 19.8. The summed E-state index contributed by atoms with van der Waals surface area (Å²) in [4.78, 5) is 9.18. The second kappa shape index (κ2) is 10.1. The molecule has 6 heteroatoms. The number of rotatable bonds is 6. The molecular weight excluding hydrogens is 353 g/mol. The number of benzene rings is 2. The maximum atomic E-state index is 13.7. The first kappa shape index (κ1) is 20.1. The van der Waals surface area contributed by atoms with Gasteiger partial charge in [-0.15, -0.1) is 0 Å². The monoisotopic (exact) mass is 383 g/mol. The van der Waals surface area contributed by atoms with Gasteiger partial charge in [0.2, 0.25) is 0 Å². The molecular formula is C22H30FN5. The van der Waals surface area contributed by atoms with Gasteiger partial charge in [-0.3, -0.25) is 9.89 Å². The molecule has 0 aromatic heterocycles. The zero-order valence-electron chi connectivity index (χ0n) is 16.7. The van der Waals surface area contributed by atoms with Gasteiger partial charge in [-0.05, 0) is 25.1 Å². The standard InChI is InChI=1S/C22H30FN5/c1-18(27-12-14-28(15-13-27)20-9-4-3-5-10-20)16-25-22(24-2)26-17-19-8-6-7-11-21(19)23/h3-11,18H,12-17H2,1-2H3,(H2,24,25,26). The van der Waals surface area contributed by atoms with Crippen molar-refractivity contribution in [3.63, 3.8) is 0 Å². The van der Waals surface area contributed by atoms with Gasteiger partial charge in [-0.25, -0.2) is 4.39 Å². The summed E-state index contributed by atoms with van der Waals surface area (Å²) in [5.74, 6) is 0.494. The van der Waals surface area contributed by atoms with E-state index in [9.17, 15) is 4.39 Å². The number of halogens is 1. The quantitative estimate of drug-likeness (QED) is 0.595. The molecule has 1 aliphatic heterocycles. The Morgan fingerprint density at radius 3 is 2.36 bits per heavy atom. The summed E-state index contributed by atoms with van der Waals surface area (Å²) in [6, 6.07) is 17.8. The Morgan fingerprint density at radius 2 is 1.68 bits per heavy atom. The SMILES string of the molecule is CN=C(NCc1ccccc1F)NCC(C)N1CCN(c2ccccc2)CC1. The second-order valence-corrected chi connectivity index (χ2v) is 7.11. The van der Waals surface area contributed by atoms with Crippen molar-refractivity contribution in [2.75, 3.05) is 44.7 Å². The summed E-state index contributed by atoms with van der Waals surface area (Å²) >= 11 is 0. The van der Waals surface area contributed by atoms with Crippen LogP contribution in [0.4, 0.5) is 10.1 Å². The first-order chi connectivity index (χ1) is 13.7. The Labute approximate surface area is 167 Å². The highest BCUT2D eigenvalue weighted by Gasteiger charge is 2.21. The van der Waals surface area contributed by atoms with Crippen molar-refractivity contribution in [3.8, 4) is 0 Å². The average molecular weight is 384 g/mol. The van der Waals surface area contributed by atoms with Crippen molar-refractivity contribution in [2.24, 2.45) is 4.99 Å². The van der Waals surface area contributed by atoms with E-state index in [-0.39, 0.29) is 5.82 Å². The fourth-order valence-electron chi connectivity index (χ4n) is 3.47. The molecule has 1 saturated heterocycles. The third kappa shape index (κ3) is 5.45. The lowest BCUT2D eigenvalue weighted by molar-refractivity contribution is 0.197. The zero-order valence-corrected chi connectivity index (χ0v) is 16.7. The van der Waals surface area contributed by atoms with Crippen LogP contribution in [0, 0.1) is 5.82 Å². The van der Waals surface area contributed by atoms with E-state index in [1.165, 1.54) is 11.8 Å². The molecule has 0 aliphatic carbocycles. The highest BCUT2D eigenvalue weighted by Crippen LogP contribution is 2.16. The van der Waals surface area contributed by atoms with Crippen molar-refractivity contribution >= 4 is 11.6 Å². The Hall–Kier alpha value is -2.60. The van der Waals surface area contributed by atoms with E-state index in [1.54, 1.807) is 19.2 Å². The molecule has 2 aromatic carbocycles. The van der Waals surface area contributed by atoms with Crippen LogP contribution in [0.1, 0.15) is 12.5 Å². The average Bonchev–Trinajstić information content (AvgIpc) is 2.75. The fourth-order valence-corrected chi connectivity index (χ4v) is 3.47. The molecule has 1 atom stereocenters. The number of anilines is 1. The van der Waals surface area contributed by atoms with Crippen molar-refractivity contribution in [1.82, 2.24) is 15.5 Å². The van der Waals surface area contributed by atoms with Crippen LogP contribution in [0.5, 0.6) is 0 Å². The summed E-state index contributed by atoms with van der Waals surface area (Å²) in [5.41, 5.74) is 1.93. The predicted octanol–water partition coefficient (Wildman–Crippen LogP) is 2.70. The molecule has 0 bridgehead atoms. The van der Waals surface area contributed by atoms with E-state index in [2.05, 4.69) is 62.7 Å². The van der Waals surface area contributed by atoms with Crippen LogP contribution in [-0.2, 0) is 6.54 Å². The van der Waals surface area contributed by atoms with Gasteiger partial charge in [0.15, 0.2) is 5.96 Å². The minimum absolute atomic E-state index is 0.199. The van der Waals surface area contributed by atoms with Gasteiger partial charge >= 0.3 is 0 Å².